The molecule has 1 N–H and O–H groups in total. The summed E-state index contributed by atoms with van der Waals surface area (Å²) in [5, 5.41) is 2.98. The van der Waals surface area contributed by atoms with Gasteiger partial charge in [-0.25, -0.2) is 4.79 Å². The lowest BCUT2D eigenvalue weighted by Gasteiger charge is -2.41. The van der Waals surface area contributed by atoms with Crippen LogP contribution >= 0.6 is 0 Å². The van der Waals surface area contributed by atoms with Gasteiger partial charge in [0.1, 0.15) is 0 Å². The lowest BCUT2D eigenvalue weighted by Crippen LogP contribution is -2.53. The standard InChI is InChI=1S/C22H25N3O3/c26-22(23-18-6-8-20-21(14-18)28-15-27-20)25-11-9-24(10-12-25)19-7-5-16-3-1-2-4-17(16)13-19/h1-4,6,8,14,19H,5,7,9-13,15H2,(H,23,26). The number of urea groups is 1. The van der Waals surface area contributed by atoms with E-state index in [0.29, 0.717) is 11.8 Å². The highest BCUT2D eigenvalue weighted by molar-refractivity contribution is 5.89. The Kier molecular flexibility index (Phi) is 4.56. The molecule has 1 unspecified atom stereocenters. The van der Waals surface area contributed by atoms with Gasteiger partial charge in [-0.05, 0) is 42.5 Å². The third-order valence-corrected chi connectivity index (χ3v) is 6.06. The van der Waals surface area contributed by atoms with E-state index in [4.69, 9.17) is 9.47 Å². The maximum absolute atomic E-state index is 12.6. The maximum atomic E-state index is 12.6. The minimum absolute atomic E-state index is 0.0486. The molecule has 6 heteroatoms. The summed E-state index contributed by atoms with van der Waals surface area (Å²) in [5.74, 6) is 1.40. The van der Waals surface area contributed by atoms with Crippen molar-refractivity contribution in [2.45, 2.75) is 25.3 Å². The number of benzene rings is 2. The first-order valence-electron chi connectivity index (χ1n) is 10.0. The molecule has 2 amide bonds. The van der Waals surface area contributed by atoms with Crippen LogP contribution in [0.5, 0.6) is 11.5 Å². The van der Waals surface area contributed by atoms with Gasteiger partial charge in [-0.15, -0.1) is 0 Å². The zero-order valence-electron chi connectivity index (χ0n) is 15.9. The fraction of sp³-hybridized carbons (Fsp3) is 0.409. The fourth-order valence-electron chi connectivity index (χ4n) is 4.46. The van der Waals surface area contributed by atoms with Gasteiger partial charge in [0.15, 0.2) is 11.5 Å². The van der Waals surface area contributed by atoms with E-state index in [1.165, 1.54) is 17.5 Å². The second-order valence-corrected chi connectivity index (χ2v) is 7.69. The number of anilines is 1. The van der Waals surface area contributed by atoms with Gasteiger partial charge in [0.2, 0.25) is 6.79 Å². The summed E-state index contributed by atoms with van der Waals surface area (Å²) in [6.45, 7) is 3.62. The summed E-state index contributed by atoms with van der Waals surface area (Å²) < 4.78 is 10.7. The van der Waals surface area contributed by atoms with Crippen LogP contribution in [0.1, 0.15) is 17.5 Å². The number of fused-ring (bicyclic) bond motifs is 2. The first-order chi connectivity index (χ1) is 13.8. The van der Waals surface area contributed by atoms with Crippen LogP contribution in [0.2, 0.25) is 0 Å². The lowest BCUT2D eigenvalue weighted by molar-refractivity contribution is 0.106. The van der Waals surface area contributed by atoms with Crippen molar-refractivity contribution in [3.8, 4) is 11.5 Å². The van der Waals surface area contributed by atoms with Gasteiger partial charge in [0.25, 0.3) is 0 Å². The van der Waals surface area contributed by atoms with E-state index in [9.17, 15) is 4.79 Å². The van der Waals surface area contributed by atoms with Crippen LogP contribution < -0.4 is 14.8 Å². The van der Waals surface area contributed by atoms with E-state index < -0.39 is 0 Å². The van der Waals surface area contributed by atoms with Gasteiger partial charge in [0, 0.05) is 44.0 Å². The molecule has 2 aromatic carbocycles. The minimum atomic E-state index is -0.0486. The highest BCUT2D eigenvalue weighted by Crippen LogP contribution is 2.34. The Hall–Kier alpha value is -2.73. The molecule has 3 aliphatic rings. The zero-order valence-corrected chi connectivity index (χ0v) is 15.9. The summed E-state index contributed by atoms with van der Waals surface area (Å²) in [6.07, 6.45) is 3.49. The molecule has 0 radical (unpaired) electrons. The Morgan fingerprint density at radius 3 is 2.61 bits per heavy atom. The van der Waals surface area contributed by atoms with Gasteiger partial charge in [-0.3, -0.25) is 4.90 Å². The van der Waals surface area contributed by atoms with Gasteiger partial charge in [-0.2, -0.15) is 0 Å². The molecule has 1 aliphatic carbocycles. The predicted octanol–water partition coefficient (Wildman–Crippen LogP) is 3.12. The normalized spacial score (nSPS) is 21.3. The number of hydrogen-bond acceptors (Lipinski definition) is 4. The molecule has 1 atom stereocenters. The second kappa shape index (κ2) is 7.36. The van der Waals surface area contributed by atoms with Crippen molar-refractivity contribution in [3.63, 3.8) is 0 Å². The van der Waals surface area contributed by atoms with Crippen molar-refractivity contribution >= 4 is 11.7 Å². The largest absolute Gasteiger partial charge is 0.454 e. The third-order valence-electron chi connectivity index (χ3n) is 6.06. The number of piperazine rings is 1. The van der Waals surface area contributed by atoms with E-state index in [1.54, 1.807) is 0 Å². The molecule has 0 aromatic heterocycles. The number of ether oxygens (including phenoxy) is 2. The zero-order chi connectivity index (χ0) is 18.9. The number of rotatable bonds is 2. The van der Waals surface area contributed by atoms with E-state index in [-0.39, 0.29) is 12.8 Å². The molecule has 28 heavy (non-hydrogen) atoms. The predicted molar refractivity (Wildman–Crippen MR) is 107 cm³/mol. The lowest BCUT2D eigenvalue weighted by atomic mass is 9.87. The minimum Gasteiger partial charge on any atom is -0.454 e. The van der Waals surface area contributed by atoms with Gasteiger partial charge in [0.05, 0.1) is 0 Å². The Morgan fingerprint density at radius 1 is 0.964 bits per heavy atom. The first kappa shape index (κ1) is 17.4. The fourth-order valence-corrected chi connectivity index (χ4v) is 4.46. The average molecular weight is 379 g/mol. The molecule has 1 saturated heterocycles. The van der Waals surface area contributed by atoms with E-state index in [0.717, 1.165) is 50.5 Å². The smallest absolute Gasteiger partial charge is 0.321 e. The van der Waals surface area contributed by atoms with Crippen LogP contribution in [0.15, 0.2) is 42.5 Å². The van der Waals surface area contributed by atoms with Crippen molar-refractivity contribution in [2.75, 3.05) is 38.3 Å². The van der Waals surface area contributed by atoms with Crippen LogP contribution in [-0.4, -0.2) is 54.8 Å². The molecule has 1 fully saturated rings. The molecule has 0 spiro atoms. The SMILES string of the molecule is O=C(Nc1ccc2c(c1)OCO2)N1CCN(C2CCc3ccccc3C2)CC1. The van der Waals surface area contributed by atoms with Crippen molar-refractivity contribution < 1.29 is 14.3 Å². The van der Waals surface area contributed by atoms with E-state index >= 15 is 0 Å². The first-order valence-corrected chi connectivity index (χ1v) is 10.0. The third kappa shape index (κ3) is 3.40. The van der Waals surface area contributed by atoms with Crippen LogP contribution in [0.25, 0.3) is 0 Å². The van der Waals surface area contributed by atoms with Gasteiger partial charge < -0.3 is 19.7 Å². The number of hydrogen-bond donors (Lipinski definition) is 1. The highest BCUT2D eigenvalue weighted by Gasteiger charge is 2.28. The Labute approximate surface area is 165 Å². The average Bonchev–Trinajstić information content (AvgIpc) is 3.21. The summed E-state index contributed by atoms with van der Waals surface area (Å²) in [7, 11) is 0. The van der Waals surface area contributed by atoms with Crippen LogP contribution in [-0.2, 0) is 12.8 Å². The van der Waals surface area contributed by atoms with Crippen molar-refractivity contribution in [1.82, 2.24) is 9.80 Å². The summed E-state index contributed by atoms with van der Waals surface area (Å²) in [6, 6.07) is 14.8. The Balaban J connectivity index is 1.15. The molecule has 0 bridgehead atoms. The van der Waals surface area contributed by atoms with Crippen molar-refractivity contribution in [3.05, 3.63) is 53.6 Å². The van der Waals surface area contributed by atoms with Gasteiger partial charge >= 0.3 is 6.03 Å². The number of carbonyl (C=O) groups excluding carboxylic acids is 1. The molecular weight excluding hydrogens is 354 g/mol. The number of aryl methyl sites for hydroxylation is 1. The Bertz CT molecular complexity index is 877. The van der Waals surface area contributed by atoms with Crippen molar-refractivity contribution in [2.24, 2.45) is 0 Å². The quantitative estimate of drug-likeness (QED) is 0.871. The van der Waals surface area contributed by atoms with Crippen LogP contribution in [0, 0.1) is 0 Å². The molecule has 0 saturated carbocycles. The summed E-state index contributed by atoms with van der Waals surface area (Å²) >= 11 is 0. The van der Waals surface area contributed by atoms with Gasteiger partial charge in [-0.1, -0.05) is 24.3 Å². The molecular formula is C22H25N3O3. The van der Waals surface area contributed by atoms with E-state index in [2.05, 4.69) is 34.5 Å². The molecule has 2 aromatic rings. The van der Waals surface area contributed by atoms with Crippen LogP contribution in [0.4, 0.5) is 10.5 Å². The molecule has 146 valence electrons. The molecule has 5 rings (SSSR count). The monoisotopic (exact) mass is 379 g/mol. The maximum Gasteiger partial charge on any atom is 0.321 e. The number of amides is 2. The summed E-state index contributed by atoms with van der Waals surface area (Å²) in [4.78, 5) is 17.1. The highest BCUT2D eigenvalue weighted by atomic mass is 16.7. The molecule has 6 nitrogen and oxygen atoms in total. The van der Waals surface area contributed by atoms with Crippen molar-refractivity contribution in [1.29, 1.82) is 0 Å². The van der Waals surface area contributed by atoms with Crippen LogP contribution in [0.3, 0.4) is 0 Å². The number of nitrogens with zero attached hydrogens (tertiary/aromatic N) is 2. The summed E-state index contributed by atoms with van der Waals surface area (Å²) in [5.41, 5.74) is 3.72. The molecule has 2 aliphatic heterocycles. The topological polar surface area (TPSA) is 54.0 Å². The van der Waals surface area contributed by atoms with E-state index in [1.807, 2.05) is 23.1 Å². The second-order valence-electron chi connectivity index (χ2n) is 7.69. The Morgan fingerprint density at radius 2 is 1.75 bits per heavy atom. The number of carbonyl (C=O) groups is 1. The molecule has 2 heterocycles. The number of nitrogens with one attached hydrogen (secondary N) is 1.